The highest BCUT2D eigenvalue weighted by Crippen LogP contribution is 2.32. The summed E-state index contributed by atoms with van der Waals surface area (Å²) in [6, 6.07) is 7.93. The van der Waals surface area contributed by atoms with E-state index in [0.717, 1.165) is 27.7 Å². The van der Waals surface area contributed by atoms with Crippen molar-refractivity contribution in [2.75, 3.05) is 18.0 Å². The molecular formula is C17H15F3N4O2. The third kappa shape index (κ3) is 3.61. The van der Waals surface area contributed by atoms with Crippen molar-refractivity contribution in [3.63, 3.8) is 0 Å². The summed E-state index contributed by atoms with van der Waals surface area (Å²) in [5.74, 6) is -0.986. The van der Waals surface area contributed by atoms with Gasteiger partial charge in [0.2, 0.25) is 5.91 Å². The number of amides is 2. The summed E-state index contributed by atoms with van der Waals surface area (Å²) in [4.78, 5) is 25.6. The van der Waals surface area contributed by atoms with E-state index >= 15 is 0 Å². The van der Waals surface area contributed by atoms with E-state index in [9.17, 15) is 22.8 Å². The lowest BCUT2D eigenvalue weighted by atomic mass is 10.1. The molecule has 0 spiro atoms. The first kappa shape index (κ1) is 17.7. The molecule has 9 heteroatoms. The van der Waals surface area contributed by atoms with Gasteiger partial charge in [0.25, 0.3) is 5.91 Å². The molecule has 2 aromatic rings. The summed E-state index contributed by atoms with van der Waals surface area (Å²) in [6.45, 7) is -0.708. The van der Waals surface area contributed by atoms with E-state index in [1.807, 2.05) is 0 Å². The van der Waals surface area contributed by atoms with Crippen LogP contribution < -0.4 is 4.90 Å². The van der Waals surface area contributed by atoms with Crippen LogP contribution in [0.4, 0.5) is 18.9 Å². The topological polar surface area (TPSA) is 57.9 Å². The fourth-order valence-corrected chi connectivity index (χ4v) is 2.53. The molecule has 3 rings (SSSR count). The number of carbonyl (C=O) groups excluding carboxylic acids is 2. The molecule has 2 amide bonds. The Bertz CT molecular complexity index is 873. The fourth-order valence-electron chi connectivity index (χ4n) is 2.53. The number of rotatable bonds is 3. The molecule has 0 aliphatic carbocycles. The Morgan fingerprint density at radius 3 is 2.50 bits per heavy atom. The SMILES string of the molecule is Cn1cccc1/C=N/N1CC(=O)N(c2cccc(C(F)(F)F)c2)CC1=O. The van der Waals surface area contributed by atoms with E-state index in [1.165, 1.54) is 18.3 Å². The van der Waals surface area contributed by atoms with Gasteiger partial charge in [-0.1, -0.05) is 6.07 Å². The average molecular weight is 364 g/mol. The maximum absolute atomic E-state index is 12.8. The van der Waals surface area contributed by atoms with E-state index < -0.39 is 23.6 Å². The Morgan fingerprint density at radius 2 is 1.85 bits per heavy atom. The molecule has 1 aliphatic rings. The molecule has 1 aromatic heterocycles. The van der Waals surface area contributed by atoms with E-state index in [0.29, 0.717) is 0 Å². The fraction of sp³-hybridized carbons (Fsp3) is 0.235. The summed E-state index contributed by atoms with van der Waals surface area (Å²) < 4.78 is 40.3. The van der Waals surface area contributed by atoms with Crippen molar-refractivity contribution < 1.29 is 22.8 Å². The Hall–Kier alpha value is -3.10. The number of halogens is 3. The van der Waals surface area contributed by atoms with Crippen molar-refractivity contribution >= 4 is 23.7 Å². The molecule has 0 atom stereocenters. The predicted octanol–water partition coefficient (Wildman–Crippen LogP) is 2.25. The van der Waals surface area contributed by atoms with Crippen LogP contribution in [0, 0.1) is 0 Å². The lowest BCUT2D eigenvalue weighted by Crippen LogP contribution is -2.52. The van der Waals surface area contributed by atoms with E-state index in [1.54, 1.807) is 29.9 Å². The van der Waals surface area contributed by atoms with Gasteiger partial charge in [0.1, 0.15) is 13.1 Å². The molecule has 1 aromatic carbocycles. The monoisotopic (exact) mass is 364 g/mol. The number of nitrogens with zero attached hydrogens (tertiary/aromatic N) is 4. The van der Waals surface area contributed by atoms with Gasteiger partial charge in [-0.3, -0.25) is 9.59 Å². The maximum atomic E-state index is 12.8. The van der Waals surface area contributed by atoms with Gasteiger partial charge < -0.3 is 9.47 Å². The number of hydrazone groups is 1. The van der Waals surface area contributed by atoms with Crippen LogP contribution in [0.3, 0.4) is 0 Å². The van der Waals surface area contributed by atoms with Crippen molar-refractivity contribution in [3.8, 4) is 0 Å². The van der Waals surface area contributed by atoms with Gasteiger partial charge in [-0.15, -0.1) is 0 Å². The lowest BCUT2D eigenvalue weighted by Gasteiger charge is -2.31. The Morgan fingerprint density at radius 1 is 1.08 bits per heavy atom. The summed E-state index contributed by atoms with van der Waals surface area (Å²) >= 11 is 0. The van der Waals surface area contributed by atoms with Crippen LogP contribution in [0.2, 0.25) is 0 Å². The second-order valence-electron chi connectivity index (χ2n) is 5.77. The molecule has 6 nitrogen and oxygen atoms in total. The van der Waals surface area contributed by atoms with Gasteiger partial charge in [-0.05, 0) is 30.3 Å². The zero-order valence-corrected chi connectivity index (χ0v) is 13.8. The Balaban J connectivity index is 1.77. The van der Waals surface area contributed by atoms with Gasteiger partial charge in [-0.25, -0.2) is 5.01 Å². The Kier molecular flexibility index (Phi) is 4.54. The lowest BCUT2D eigenvalue weighted by molar-refractivity contribution is -0.138. The van der Waals surface area contributed by atoms with E-state index in [-0.39, 0.29) is 18.8 Å². The molecule has 1 fully saturated rings. The average Bonchev–Trinajstić information content (AvgIpc) is 2.99. The molecular weight excluding hydrogens is 349 g/mol. The van der Waals surface area contributed by atoms with E-state index in [2.05, 4.69) is 5.10 Å². The first-order chi connectivity index (χ1) is 12.3. The zero-order chi connectivity index (χ0) is 18.9. The zero-order valence-electron chi connectivity index (χ0n) is 13.8. The second-order valence-corrected chi connectivity index (χ2v) is 5.77. The van der Waals surface area contributed by atoms with Crippen LogP contribution in [0.25, 0.3) is 0 Å². The molecule has 1 aliphatic heterocycles. The molecule has 136 valence electrons. The van der Waals surface area contributed by atoms with Gasteiger partial charge in [-0.2, -0.15) is 18.3 Å². The van der Waals surface area contributed by atoms with Gasteiger partial charge in [0.15, 0.2) is 0 Å². The number of alkyl halides is 3. The molecule has 0 saturated carbocycles. The number of hydrogen-bond acceptors (Lipinski definition) is 3. The number of piperazine rings is 1. The molecule has 2 heterocycles. The van der Waals surface area contributed by atoms with Gasteiger partial charge >= 0.3 is 6.18 Å². The van der Waals surface area contributed by atoms with Crippen LogP contribution in [0.15, 0.2) is 47.7 Å². The van der Waals surface area contributed by atoms with Crippen LogP contribution in [0.5, 0.6) is 0 Å². The smallest absolute Gasteiger partial charge is 0.350 e. The molecule has 0 unspecified atom stereocenters. The summed E-state index contributed by atoms with van der Waals surface area (Å²) in [5.41, 5.74) is -0.103. The maximum Gasteiger partial charge on any atom is 0.416 e. The van der Waals surface area contributed by atoms with Crippen molar-refractivity contribution in [2.24, 2.45) is 12.1 Å². The first-order valence-corrected chi connectivity index (χ1v) is 7.69. The summed E-state index contributed by atoms with van der Waals surface area (Å²) in [5, 5.41) is 5.03. The number of aryl methyl sites for hydroxylation is 1. The first-order valence-electron chi connectivity index (χ1n) is 7.69. The number of anilines is 1. The van der Waals surface area contributed by atoms with Crippen LogP contribution in [-0.2, 0) is 22.8 Å². The van der Waals surface area contributed by atoms with Crippen molar-refractivity contribution in [1.82, 2.24) is 9.58 Å². The minimum absolute atomic E-state index is 0.0317. The normalized spacial score (nSPS) is 16.0. The second kappa shape index (κ2) is 6.66. The van der Waals surface area contributed by atoms with Crippen LogP contribution >= 0.6 is 0 Å². The molecule has 1 saturated heterocycles. The van der Waals surface area contributed by atoms with Crippen molar-refractivity contribution in [2.45, 2.75) is 6.18 Å². The number of benzene rings is 1. The summed E-state index contributed by atoms with van der Waals surface area (Å²) in [6.07, 6.45) is -1.27. The third-order valence-corrected chi connectivity index (χ3v) is 3.97. The number of aromatic nitrogens is 1. The van der Waals surface area contributed by atoms with Crippen LogP contribution in [0.1, 0.15) is 11.3 Å². The highest BCUT2D eigenvalue weighted by atomic mass is 19.4. The number of carbonyl (C=O) groups is 2. The minimum Gasteiger partial charge on any atom is -0.350 e. The molecule has 0 bridgehead atoms. The van der Waals surface area contributed by atoms with E-state index in [4.69, 9.17) is 0 Å². The highest BCUT2D eigenvalue weighted by molar-refractivity contribution is 6.04. The minimum atomic E-state index is -4.52. The third-order valence-electron chi connectivity index (χ3n) is 3.97. The quantitative estimate of drug-likeness (QED) is 0.785. The van der Waals surface area contributed by atoms with Gasteiger partial charge in [0, 0.05) is 18.9 Å². The molecule has 0 radical (unpaired) electrons. The predicted molar refractivity (Wildman–Crippen MR) is 88.5 cm³/mol. The molecule has 26 heavy (non-hydrogen) atoms. The molecule has 0 N–H and O–H groups in total. The standard InChI is InChI=1S/C17H15F3N4O2/c1-22-7-3-6-14(22)9-21-24-11-15(25)23(10-16(24)26)13-5-2-4-12(8-13)17(18,19)20/h2-9H,10-11H2,1H3/b21-9+. The summed E-state index contributed by atoms with van der Waals surface area (Å²) in [7, 11) is 1.81. The van der Waals surface area contributed by atoms with Gasteiger partial charge in [0.05, 0.1) is 17.5 Å². The Labute approximate surface area is 147 Å². The van der Waals surface area contributed by atoms with Crippen LogP contribution in [-0.4, -0.2) is 40.7 Å². The highest BCUT2D eigenvalue weighted by Gasteiger charge is 2.34. The largest absolute Gasteiger partial charge is 0.416 e. The number of hydrogen-bond donors (Lipinski definition) is 0. The van der Waals surface area contributed by atoms with Crippen molar-refractivity contribution in [1.29, 1.82) is 0 Å². The van der Waals surface area contributed by atoms with Crippen molar-refractivity contribution in [3.05, 3.63) is 53.9 Å².